The maximum Gasteiger partial charge on any atom is 0.274 e. The molecule has 1 aliphatic heterocycles. The van der Waals surface area contributed by atoms with E-state index in [9.17, 15) is 4.79 Å². The summed E-state index contributed by atoms with van der Waals surface area (Å²) in [6.07, 6.45) is 5.93. The van der Waals surface area contributed by atoms with Gasteiger partial charge < -0.3 is 15.1 Å². The molecule has 27 heavy (non-hydrogen) atoms. The number of piperidine rings is 1. The van der Waals surface area contributed by atoms with Crippen molar-refractivity contribution in [1.29, 1.82) is 0 Å². The molecule has 0 atom stereocenters. The van der Waals surface area contributed by atoms with Gasteiger partial charge in [0.2, 0.25) is 0 Å². The molecule has 0 aliphatic carbocycles. The highest BCUT2D eigenvalue weighted by Crippen LogP contribution is 2.23. The van der Waals surface area contributed by atoms with Gasteiger partial charge in [-0.05, 0) is 62.1 Å². The highest BCUT2D eigenvalue weighted by molar-refractivity contribution is 5.92. The molecule has 1 amide bonds. The molecule has 2 aromatic rings. The molecule has 0 unspecified atom stereocenters. The zero-order chi connectivity index (χ0) is 19.1. The first-order valence-corrected chi connectivity index (χ1v) is 9.88. The van der Waals surface area contributed by atoms with Crippen LogP contribution in [0.4, 0.5) is 17.2 Å². The highest BCUT2D eigenvalue weighted by atomic mass is 16.2. The summed E-state index contributed by atoms with van der Waals surface area (Å²) in [5.74, 6) is 0.543. The molecule has 6 nitrogen and oxygen atoms in total. The molecular weight excluding hydrogens is 338 g/mol. The summed E-state index contributed by atoms with van der Waals surface area (Å²) in [6.45, 7) is 5.12. The largest absolute Gasteiger partial charge is 0.372 e. The molecule has 1 aromatic carbocycles. The van der Waals surface area contributed by atoms with E-state index >= 15 is 0 Å². The molecule has 1 aliphatic rings. The van der Waals surface area contributed by atoms with Gasteiger partial charge in [-0.25, -0.2) is 0 Å². The average Bonchev–Trinajstić information content (AvgIpc) is 2.73. The van der Waals surface area contributed by atoms with Crippen molar-refractivity contribution in [1.82, 2.24) is 15.1 Å². The minimum Gasteiger partial charge on any atom is -0.372 e. The molecule has 0 saturated carbocycles. The summed E-state index contributed by atoms with van der Waals surface area (Å²) in [5.41, 5.74) is 2.60. The van der Waals surface area contributed by atoms with E-state index in [-0.39, 0.29) is 5.91 Å². The Morgan fingerprint density at radius 3 is 2.44 bits per heavy atom. The summed E-state index contributed by atoms with van der Waals surface area (Å²) in [6, 6.07) is 11.9. The molecule has 144 valence electrons. The average molecular weight is 367 g/mol. The quantitative estimate of drug-likeness (QED) is 0.799. The van der Waals surface area contributed by atoms with Gasteiger partial charge in [0, 0.05) is 38.1 Å². The minimum absolute atomic E-state index is 0.0895. The number of amides is 1. The van der Waals surface area contributed by atoms with Crippen molar-refractivity contribution in [3.05, 3.63) is 42.1 Å². The molecule has 1 N–H and O–H groups in total. The highest BCUT2D eigenvalue weighted by Gasteiger charge is 2.14. The number of nitrogens with zero attached hydrogens (tertiary/aromatic N) is 4. The summed E-state index contributed by atoms with van der Waals surface area (Å²) in [7, 11) is 1.80. The van der Waals surface area contributed by atoms with Crippen molar-refractivity contribution >= 4 is 23.1 Å². The lowest BCUT2D eigenvalue weighted by Gasteiger charge is -2.28. The molecular formula is C21H29N5O. The fourth-order valence-corrected chi connectivity index (χ4v) is 3.26. The van der Waals surface area contributed by atoms with E-state index in [1.54, 1.807) is 24.1 Å². The maximum absolute atomic E-state index is 12.3. The standard InChI is InChI=1S/C21H29N5O/c1-3-4-14-25(2)21(27)19-12-13-20(24-23-19)22-17-8-10-18(11-9-17)26-15-6-5-7-16-26/h8-13H,3-7,14-16H2,1-2H3,(H,22,24). The Morgan fingerprint density at radius 1 is 1.07 bits per heavy atom. The third-order valence-corrected chi connectivity index (χ3v) is 4.94. The first-order valence-electron chi connectivity index (χ1n) is 9.88. The summed E-state index contributed by atoms with van der Waals surface area (Å²) >= 11 is 0. The zero-order valence-corrected chi connectivity index (χ0v) is 16.3. The number of rotatable bonds is 7. The Balaban J connectivity index is 1.58. The van der Waals surface area contributed by atoms with Gasteiger partial charge in [0.1, 0.15) is 0 Å². The molecule has 6 heteroatoms. The van der Waals surface area contributed by atoms with Crippen molar-refractivity contribution in [3.63, 3.8) is 0 Å². The van der Waals surface area contributed by atoms with Crippen LogP contribution in [0.25, 0.3) is 0 Å². The molecule has 1 fully saturated rings. The molecule has 0 radical (unpaired) electrons. The number of anilines is 3. The van der Waals surface area contributed by atoms with Crippen molar-refractivity contribution in [2.75, 3.05) is 36.9 Å². The molecule has 0 spiro atoms. The van der Waals surface area contributed by atoms with Crippen LogP contribution in [0.1, 0.15) is 49.5 Å². The Bertz CT molecular complexity index is 723. The van der Waals surface area contributed by atoms with E-state index in [1.807, 2.05) is 0 Å². The van der Waals surface area contributed by atoms with Crippen LogP contribution in [0.15, 0.2) is 36.4 Å². The first kappa shape index (κ1) is 19.1. The van der Waals surface area contributed by atoms with Gasteiger partial charge in [-0.15, -0.1) is 10.2 Å². The van der Waals surface area contributed by atoms with Crippen molar-refractivity contribution in [2.24, 2.45) is 0 Å². The Labute approximate surface area is 161 Å². The Morgan fingerprint density at radius 2 is 1.81 bits per heavy atom. The lowest BCUT2D eigenvalue weighted by molar-refractivity contribution is 0.0786. The van der Waals surface area contributed by atoms with Gasteiger partial charge in [-0.2, -0.15) is 0 Å². The topological polar surface area (TPSA) is 61.4 Å². The van der Waals surface area contributed by atoms with Crippen LogP contribution in [0.3, 0.4) is 0 Å². The SMILES string of the molecule is CCCCN(C)C(=O)c1ccc(Nc2ccc(N3CCCCC3)cc2)nn1. The van der Waals surface area contributed by atoms with Crippen molar-refractivity contribution in [3.8, 4) is 0 Å². The van der Waals surface area contributed by atoms with Gasteiger partial charge in [0.15, 0.2) is 11.5 Å². The van der Waals surface area contributed by atoms with Gasteiger partial charge in [0.25, 0.3) is 5.91 Å². The van der Waals surface area contributed by atoms with Crippen LogP contribution in [-0.4, -0.2) is 47.7 Å². The molecule has 0 bridgehead atoms. The van der Waals surface area contributed by atoms with E-state index in [2.05, 4.69) is 51.6 Å². The number of nitrogens with one attached hydrogen (secondary N) is 1. The summed E-state index contributed by atoms with van der Waals surface area (Å²) in [4.78, 5) is 16.4. The summed E-state index contributed by atoms with van der Waals surface area (Å²) in [5, 5.41) is 11.5. The predicted octanol–water partition coefficient (Wildman–Crippen LogP) is 4.08. The predicted molar refractivity (Wildman–Crippen MR) is 110 cm³/mol. The smallest absolute Gasteiger partial charge is 0.274 e. The monoisotopic (exact) mass is 367 g/mol. The van der Waals surface area contributed by atoms with Gasteiger partial charge in [-0.3, -0.25) is 4.79 Å². The number of unbranched alkanes of at least 4 members (excludes halogenated alkanes) is 1. The van der Waals surface area contributed by atoms with Crippen LogP contribution in [0.5, 0.6) is 0 Å². The van der Waals surface area contributed by atoms with Crippen LogP contribution in [0.2, 0.25) is 0 Å². The van der Waals surface area contributed by atoms with E-state index in [1.165, 1.54) is 24.9 Å². The molecule has 1 aromatic heterocycles. The second-order valence-corrected chi connectivity index (χ2v) is 7.10. The fourth-order valence-electron chi connectivity index (χ4n) is 3.26. The van der Waals surface area contributed by atoms with Crippen LogP contribution in [0, 0.1) is 0 Å². The second kappa shape index (κ2) is 9.35. The van der Waals surface area contributed by atoms with Crippen LogP contribution < -0.4 is 10.2 Å². The van der Waals surface area contributed by atoms with E-state index < -0.39 is 0 Å². The van der Waals surface area contributed by atoms with Crippen molar-refractivity contribution in [2.45, 2.75) is 39.0 Å². The van der Waals surface area contributed by atoms with Gasteiger partial charge in [-0.1, -0.05) is 13.3 Å². The normalized spacial score (nSPS) is 14.1. The number of carbonyl (C=O) groups is 1. The first-order chi connectivity index (χ1) is 13.2. The molecule has 1 saturated heterocycles. The zero-order valence-electron chi connectivity index (χ0n) is 16.3. The van der Waals surface area contributed by atoms with E-state index in [0.717, 1.165) is 38.2 Å². The minimum atomic E-state index is -0.0895. The van der Waals surface area contributed by atoms with Gasteiger partial charge in [0.05, 0.1) is 0 Å². The Kier molecular flexibility index (Phi) is 6.63. The number of hydrogen-bond donors (Lipinski definition) is 1. The van der Waals surface area contributed by atoms with Gasteiger partial charge >= 0.3 is 0 Å². The van der Waals surface area contributed by atoms with E-state index in [4.69, 9.17) is 0 Å². The van der Waals surface area contributed by atoms with Crippen molar-refractivity contribution < 1.29 is 4.79 Å². The Hall–Kier alpha value is -2.63. The maximum atomic E-state index is 12.3. The number of benzene rings is 1. The number of aromatic nitrogens is 2. The number of hydrogen-bond acceptors (Lipinski definition) is 5. The third kappa shape index (κ3) is 5.18. The number of carbonyl (C=O) groups excluding carboxylic acids is 1. The van der Waals surface area contributed by atoms with Crippen LogP contribution >= 0.6 is 0 Å². The fraction of sp³-hybridized carbons (Fsp3) is 0.476. The summed E-state index contributed by atoms with van der Waals surface area (Å²) < 4.78 is 0. The molecule has 2 heterocycles. The third-order valence-electron chi connectivity index (χ3n) is 4.94. The second-order valence-electron chi connectivity index (χ2n) is 7.10. The molecule has 3 rings (SSSR count). The van der Waals surface area contributed by atoms with E-state index in [0.29, 0.717) is 11.5 Å². The van der Waals surface area contributed by atoms with Crippen LogP contribution in [-0.2, 0) is 0 Å². The lowest BCUT2D eigenvalue weighted by atomic mass is 10.1. The lowest BCUT2D eigenvalue weighted by Crippen LogP contribution is -2.29.